The van der Waals surface area contributed by atoms with E-state index in [0.717, 1.165) is 19.4 Å². The van der Waals surface area contributed by atoms with Gasteiger partial charge in [0.25, 0.3) is 0 Å². The van der Waals surface area contributed by atoms with E-state index in [-0.39, 0.29) is 23.8 Å². The molecule has 3 atom stereocenters. The molecule has 0 aromatic carbocycles. The van der Waals surface area contributed by atoms with E-state index < -0.39 is 0 Å². The molecule has 2 rings (SSSR count). The van der Waals surface area contributed by atoms with Gasteiger partial charge in [-0.05, 0) is 26.2 Å². The van der Waals surface area contributed by atoms with E-state index in [1.165, 1.54) is 51.4 Å². The summed E-state index contributed by atoms with van der Waals surface area (Å²) in [4.78, 5) is 23.4. The maximum atomic E-state index is 11.8. The van der Waals surface area contributed by atoms with Crippen molar-refractivity contribution in [2.75, 3.05) is 6.61 Å². The molecule has 2 heterocycles. The Morgan fingerprint density at radius 1 is 0.875 bits per heavy atom. The molecule has 138 valence electrons. The third kappa shape index (κ3) is 7.89. The van der Waals surface area contributed by atoms with E-state index in [1.807, 2.05) is 6.92 Å². The van der Waals surface area contributed by atoms with Gasteiger partial charge < -0.3 is 9.47 Å². The zero-order valence-corrected chi connectivity index (χ0v) is 15.3. The Balaban J connectivity index is 1.29. The number of ether oxygens (including phenoxy) is 2. The Labute approximate surface area is 146 Å². The molecule has 2 fully saturated rings. The second-order valence-corrected chi connectivity index (χ2v) is 7.42. The number of Topliss-reactive ketones (excluding diaryl/α,β-unsaturated/α-hetero) is 2. The molecule has 0 spiro atoms. The molecule has 2 aliphatic heterocycles. The lowest BCUT2D eigenvalue weighted by atomic mass is 10.0. The van der Waals surface area contributed by atoms with Crippen LogP contribution in [0.4, 0.5) is 0 Å². The average Bonchev–Trinajstić information content (AvgIpc) is 3.25. The highest BCUT2D eigenvalue weighted by molar-refractivity contribution is 5.90. The van der Waals surface area contributed by atoms with Crippen LogP contribution < -0.4 is 0 Å². The van der Waals surface area contributed by atoms with Crippen molar-refractivity contribution in [3.8, 4) is 0 Å². The lowest BCUT2D eigenvalue weighted by Gasteiger charge is -2.26. The zero-order chi connectivity index (χ0) is 17.2. The number of rotatable bonds is 15. The molecular formula is C20H34O4. The van der Waals surface area contributed by atoms with E-state index in [0.29, 0.717) is 25.4 Å². The number of hydrogen-bond donors (Lipinski definition) is 0. The van der Waals surface area contributed by atoms with E-state index >= 15 is 0 Å². The maximum absolute atomic E-state index is 11.8. The SMILES string of the molecule is CC1OC1C(=O)CCC(=O)CCCCCCCCCCC1CCO1. The summed E-state index contributed by atoms with van der Waals surface area (Å²) in [5.74, 6) is 0.328. The van der Waals surface area contributed by atoms with Crippen LogP contribution in [-0.2, 0) is 19.1 Å². The van der Waals surface area contributed by atoms with E-state index in [4.69, 9.17) is 9.47 Å². The zero-order valence-electron chi connectivity index (χ0n) is 15.3. The molecule has 0 bridgehead atoms. The Kier molecular flexibility index (Phi) is 8.97. The lowest BCUT2D eigenvalue weighted by molar-refractivity contribution is -0.124. The Bertz CT molecular complexity index is 389. The summed E-state index contributed by atoms with van der Waals surface area (Å²) < 4.78 is 10.5. The van der Waals surface area contributed by atoms with Crippen molar-refractivity contribution in [1.29, 1.82) is 0 Å². The number of carbonyl (C=O) groups excluding carboxylic acids is 2. The van der Waals surface area contributed by atoms with Crippen molar-refractivity contribution < 1.29 is 19.1 Å². The Hall–Kier alpha value is -0.740. The van der Waals surface area contributed by atoms with Gasteiger partial charge in [-0.15, -0.1) is 0 Å². The fraction of sp³-hybridized carbons (Fsp3) is 0.900. The highest BCUT2D eigenvalue weighted by Gasteiger charge is 2.40. The van der Waals surface area contributed by atoms with Crippen molar-refractivity contribution in [2.45, 2.75) is 109 Å². The van der Waals surface area contributed by atoms with Crippen LogP contribution in [0.1, 0.15) is 90.4 Å². The molecule has 3 unspecified atom stereocenters. The number of unbranched alkanes of at least 4 members (excludes halogenated alkanes) is 7. The quantitative estimate of drug-likeness (QED) is 0.328. The van der Waals surface area contributed by atoms with Crippen LogP contribution in [0.3, 0.4) is 0 Å². The van der Waals surface area contributed by atoms with Crippen molar-refractivity contribution >= 4 is 11.6 Å². The van der Waals surface area contributed by atoms with Gasteiger partial charge in [0.2, 0.25) is 0 Å². The smallest absolute Gasteiger partial charge is 0.164 e. The first-order valence-electron chi connectivity index (χ1n) is 9.98. The molecule has 4 heteroatoms. The van der Waals surface area contributed by atoms with Crippen LogP contribution in [0.5, 0.6) is 0 Å². The molecule has 4 nitrogen and oxygen atoms in total. The minimum atomic E-state index is -0.223. The number of hydrogen-bond acceptors (Lipinski definition) is 4. The summed E-state index contributed by atoms with van der Waals surface area (Å²) in [6.07, 6.45) is 14.2. The van der Waals surface area contributed by atoms with Crippen LogP contribution in [0, 0.1) is 0 Å². The summed E-state index contributed by atoms with van der Waals surface area (Å²) in [6.45, 7) is 2.87. The molecule has 0 N–H and O–H groups in total. The fourth-order valence-corrected chi connectivity index (χ4v) is 3.32. The van der Waals surface area contributed by atoms with Crippen molar-refractivity contribution in [2.24, 2.45) is 0 Å². The van der Waals surface area contributed by atoms with Gasteiger partial charge in [0.1, 0.15) is 11.9 Å². The summed E-state index contributed by atoms with van der Waals surface area (Å²) in [6, 6.07) is 0. The maximum Gasteiger partial charge on any atom is 0.164 e. The van der Waals surface area contributed by atoms with E-state index in [9.17, 15) is 9.59 Å². The van der Waals surface area contributed by atoms with Crippen LogP contribution >= 0.6 is 0 Å². The molecule has 2 aliphatic rings. The molecule has 0 aromatic heterocycles. The van der Waals surface area contributed by atoms with Gasteiger partial charge in [-0.3, -0.25) is 9.59 Å². The van der Waals surface area contributed by atoms with E-state index in [2.05, 4.69) is 0 Å². The highest BCUT2D eigenvalue weighted by atomic mass is 16.6. The molecule has 0 amide bonds. The van der Waals surface area contributed by atoms with Gasteiger partial charge in [-0.2, -0.15) is 0 Å². The number of ketones is 2. The van der Waals surface area contributed by atoms with Crippen LogP contribution in [-0.4, -0.2) is 36.5 Å². The van der Waals surface area contributed by atoms with Gasteiger partial charge in [-0.1, -0.05) is 44.9 Å². The Morgan fingerprint density at radius 2 is 1.46 bits per heavy atom. The standard InChI is InChI=1S/C20H34O4/c1-16-20(24-16)19(22)13-12-17(21)10-8-6-4-2-3-5-7-9-11-18-14-15-23-18/h16,18,20H,2-15H2,1H3. The minimum Gasteiger partial charge on any atom is -0.378 e. The monoisotopic (exact) mass is 338 g/mol. The predicted octanol–water partition coefficient (Wildman–Crippen LogP) is 4.38. The summed E-state index contributed by atoms with van der Waals surface area (Å²) in [5, 5.41) is 0. The van der Waals surface area contributed by atoms with Gasteiger partial charge >= 0.3 is 0 Å². The molecule has 24 heavy (non-hydrogen) atoms. The molecule has 0 saturated carbocycles. The van der Waals surface area contributed by atoms with Gasteiger partial charge in [0.05, 0.1) is 12.2 Å². The predicted molar refractivity (Wildman–Crippen MR) is 94.1 cm³/mol. The van der Waals surface area contributed by atoms with Gasteiger partial charge in [0, 0.05) is 25.9 Å². The third-order valence-corrected chi connectivity index (χ3v) is 5.20. The van der Waals surface area contributed by atoms with E-state index in [1.54, 1.807) is 0 Å². The first-order chi connectivity index (χ1) is 11.7. The van der Waals surface area contributed by atoms with Gasteiger partial charge in [0.15, 0.2) is 5.78 Å². The van der Waals surface area contributed by atoms with Crippen molar-refractivity contribution in [3.05, 3.63) is 0 Å². The molecule has 0 radical (unpaired) electrons. The minimum absolute atomic E-state index is 0.0687. The first-order valence-corrected chi connectivity index (χ1v) is 9.98. The number of epoxide rings is 1. The largest absolute Gasteiger partial charge is 0.378 e. The normalized spacial score (nSPS) is 25.3. The molecule has 2 saturated heterocycles. The number of carbonyl (C=O) groups is 2. The van der Waals surface area contributed by atoms with Crippen molar-refractivity contribution in [1.82, 2.24) is 0 Å². The fourth-order valence-electron chi connectivity index (χ4n) is 3.32. The summed E-state index contributed by atoms with van der Waals surface area (Å²) in [5.41, 5.74) is 0. The second kappa shape index (κ2) is 11.0. The molecule has 0 aromatic rings. The molecular weight excluding hydrogens is 304 g/mol. The van der Waals surface area contributed by atoms with Crippen LogP contribution in [0.15, 0.2) is 0 Å². The first kappa shape index (κ1) is 19.6. The topological polar surface area (TPSA) is 55.9 Å². The summed E-state index contributed by atoms with van der Waals surface area (Å²) >= 11 is 0. The van der Waals surface area contributed by atoms with Crippen LogP contribution in [0.2, 0.25) is 0 Å². The van der Waals surface area contributed by atoms with Gasteiger partial charge in [-0.25, -0.2) is 0 Å². The molecule has 0 aliphatic carbocycles. The lowest BCUT2D eigenvalue weighted by Crippen LogP contribution is -2.26. The highest BCUT2D eigenvalue weighted by Crippen LogP contribution is 2.23. The van der Waals surface area contributed by atoms with Crippen LogP contribution in [0.25, 0.3) is 0 Å². The second-order valence-electron chi connectivity index (χ2n) is 7.42. The Morgan fingerprint density at radius 3 is 2.00 bits per heavy atom. The summed E-state index contributed by atoms with van der Waals surface area (Å²) in [7, 11) is 0. The third-order valence-electron chi connectivity index (χ3n) is 5.20. The van der Waals surface area contributed by atoms with Crippen molar-refractivity contribution in [3.63, 3.8) is 0 Å². The average molecular weight is 338 g/mol.